The Kier molecular flexibility index (Phi) is 9.99. The summed E-state index contributed by atoms with van der Waals surface area (Å²) in [6.07, 6.45) is 0. The predicted molar refractivity (Wildman–Crippen MR) is 170 cm³/mol. The van der Waals surface area contributed by atoms with Gasteiger partial charge in [0.05, 0.1) is 30.4 Å². The van der Waals surface area contributed by atoms with Crippen molar-refractivity contribution in [1.82, 2.24) is 5.32 Å². The molecule has 1 heterocycles. The zero-order chi connectivity index (χ0) is 31.1. The molecule has 0 saturated carbocycles. The maximum atomic E-state index is 11.7. The van der Waals surface area contributed by atoms with Gasteiger partial charge in [0.25, 0.3) is 0 Å². The molecule has 0 bridgehead atoms. The quantitative estimate of drug-likeness (QED) is 0.130. The van der Waals surface area contributed by atoms with Crippen LogP contribution in [0.5, 0.6) is 11.5 Å². The third-order valence-corrected chi connectivity index (χ3v) is 7.97. The van der Waals surface area contributed by atoms with Crippen molar-refractivity contribution in [2.75, 3.05) is 19.8 Å². The molecular weight excluding hydrogens is 582 g/mol. The average Bonchev–Trinajstić information content (AvgIpc) is 3.05. The largest absolute Gasteiger partial charge is 0.488 e. The lowest BCUT2D eigenvalue weighted by atomic mass is 9.97. The van der Waals surface area contributed by atoms with Gasteiger partial charge in [-0.15, -0.1) is 0 Å². The molecular formula is C35H34ClNO7. The minimum atomic E-state index is -1.30. The Morgan fingerprint density at radius 1 is 0.795 bits per heavy atom. The summed E-state index contributed by atoms with van der Waals surface area (Å²) in [5.41, 5.74) is 4.46. The number of aliphatic hydroxyl groups is 3. The molecule has 0 fully saturated rings. The number of hydrogen-bond acceptors (Lipinski definition) is 8. The summed E-state index contributed by atoms with van der Waals surface area (Å²) in [7, 11) is 0. The van der Waals surface area contributed by atoms with Gasteiger partial charge in [-0.2, -0.15) is 0 Å². The van der Waals surface area contributed by atoms with E-state index in [-0.39, 0.29) is 19.8 Å². The number of rotatable bonds is 13. The van der Waals surface area contributed by atoms with Crippen molar-refractivity contribution in [3.63, 3.8) is 0 Å². The van der Waals surface area contributed by atoms with Crippen molar-refractivity contribution < 1.29 is 29.2 Å². The molecule has 0 radical (unpaired) electrons. The lowest BCUT2D eigenvalue weighted by Crippen LogP contribution is -2.54. The van der Waals surface area contributed by atoms with E-state index in [0.717, 1.165) is 33.2 Å². The molecule has 44 heavy (non-hydrogen) atoms. The zero-order valence-corrected chi connectivity index (χ0v) is 25.0. The van der Waals surface area contributed by atoms with E-state index in [1.807, 2.05) is 42.5 Å². The molecule has 5 aromatic rings. The summed E-state index contributed by atoms with van der Waals surface area (Å²) in [5.74, 6) is 0.862. The summed E-state index contributed by atoms with van der Waals surface area (Å²) < 4.78 is 17.8. The van der Waals surface area contributed by atoms with Crippen LogP contribution in [0.3, 0.4) is 0 Å². The van der Waals surface area contributed by atoms with E-state index in [1.165, 1.54) is 6.07 Å². The molecule has 0 atom stereocenters. The van der Waals surface area contributed by atoms with E-state index in [0.29, 0.717) is 27.7 Å². The maximum Gasteiger partial charge on any atom is 0.336 e. The SMILES string of the molecule is Cc1c(COc2cc(OCc3ccc4ccc(=O)oc4c3)c(CNC(CO)(CO)CO)cc2Cl)cccc1-c1ccccc1. The highest BCUT2D eigenvalue weighted by atomic mass is 35.5. The monoisotopic (exact) mass is 615 g/mol. The minimum absolute atomic E-state index is 0.127. The van der Waals surface area contributed by atoms with Crippen molar-refractivity contribution in [3.05, 3.63) is 129 Å². The van der Waals surface area contributed by atoms with Gasteiger partial charge in [0.2, 0.25) is 0 Å². The van der Waals surface area contributed by atoms with Gasteiger partial charge in [-0.05, 0) is 52.9 Å². The highest BCUT2D eigenvalue weighted by Crippen LogP contribution is 2.35. The number of fused-ring (bicyclic) bond motifs is 1. The third-order valence-electron chi connectivity index (χ3n) is 7.67. The number of nitrogens with one attached hydrogen (secondary N) is 1. The van der Waals surface area contributed by atoms with Gasteiger partial charge in [0.1, 0.15) is 30.3 Å². The van der Waals surface area contributed by atoms with Crippen molar-refractivity contribution in [2.24, 2.45) is 0 Å². The number of ether oxygens (including phenoxy) is 2. The first kappa shape index (κ1) is 31.3. The normalized spacial score (nSPS) is 11.6. The molecule has 1 aromatic heterocycles. The van der Waals surface area contributed by atoms with Gasteiger partial charge in [-0.1, -0.05) is 72.3 Å². The molecule has 0 aliphatic heterocycles. The third kappa shape index (κ3) is 7.13. The first-order valence-electron chi connectivity index (χ1n) is 14.2. The summed E-state index contributed by atoms with van der Waals surface area (Å²) in [5, 5.41) is 33.5. The topological polar surface area (TPSA) is 121 Å². The summed E-state index contributed by atoms with van der Waals surface area (Å²) in [6.45, 7) is 1.18. The molecule has 0 amide bonds. The molecule has 0 unspecified atom stereocenters. The Hall–Kier alpha value is -4.18. The number of hydrogen-bond donors (Lipinski definition) is 4. The van der Waals surface area contributed by atoms with Crippen LogP contribution in [0.4, 0.5) is 0 Å². The van der Waals surface area contributed by atoms with Crippen molar-refractivity contribution in [3.8, 4) is 22.6 Å². The van der Waals surface area contributed by atoms with Gasteiger partial charge in [0.15, 0.2) is 0 Å². The molecule has 0 aliphatic rings. The van der Waals surface area contributed by atoms with Crippen LogP contribution in [0.15, 0.2) is 100 Å². The highest BCUT2D eigenvalue weighted by Gasteiger charge is 2.28. The number of halogens is 1. The number of aliphatic hydroxyl groups excluding tert-OH is 3. The van der Waals surface area contributed by atoms with E-state index in [1.54, 1.807) is 24.3 Å². The molecule has 0 aliphatic carbocycles. The molecule has 8 nitrogen and oxygen atoms in total. The Balaban J connectivity index is 1.41. The Morgan fingerprint density at radius 2 is 1.52 bits per heavy atom. The van der Waals surface area contributed by atoms with Crippen LogP contribution < -0.4 is 20.4 Å². The van der Waals surface area contributed by atoms with Gasteiger partial charge in [0, 0.05) is 29.6 Å². The van der Waals surface area contributed by atoms with Crippen molar-refractivity contribution in [2.45, 2.75) is 32.2 Å². The van der Waals surface area contributed by atoms with E-state index >= 15 is 0 Å². The van der Waals surface area contributed by atoms with Crippen LogP contribution in [-0.2, 0) is 19.8 Å². The van der Waals surface area contributed by atoms with Crippen molar-refractivity contribution in [1.29, 1.82) is 0 Å². The summed E-state index contributed by atoms with van der Waals surface area (Å²) >= 11 is 6.69. The molecule has 228 valence electrons. The second-order valence-corrected chi connectivity index (χ2v) is 11.1. The van der Waals surface area contributed by atoms with Gasteiger partial charge >= 0.3 is 5.63 Å². The molecule has 5 rings (SSSR count). The maximum absolute atomic E-state index is 11.7. The predicted octanol–water partition coefficient (Wildman–Crippen LogP) is 5.39. The molecule has 0 spiro atoms. The highest BCUT2D eigenvalue weighted by molar-refractivity contribution is 6.32. The molecule has 0 saturated heterocycles. The van der Waals surface area contributed by atoms with E-state index in [2.05, 4.69) is 30.4 Å². The Labute approximate surface area is 260 Å². The Bertz CT molecular complexity index is 1780. The molecule has 9 heteroatoms. The van der Waals surface area contributed by atoms with Crippen LogP contribution in [-0.4, -0.2) is 40.7 Å². The van der Waals surface area contributed by atoms with Crippen LogP contribution in [0.25, 0.3) is 22.1 Å². The smallest absolute Gasteiger partial charge is 0.336 e. The van der Waals surface area contributed by atoms with Crippen molar-refractivity contribution >= 4 is 22.6 Å². The molecule has 4 N–H and O–H groups in total. The van der Waals surface area contributed by atoms with Gasteiger partial charge in [-0.3, -0.25) is 0 Å². The van der Waals surface area contributed by atoms with E-state index in [9.17, 15) is 20.1 Å². The first-order chi connectivity index (χ1) is 21.3. The lowest BCUT2D eigenvalue weighted by molar-refractivity contribution is 0.0412. The van der Waals surface area contributed by atoms with E-state index in [4.69, 9.17) is 25.5 Å². The lowest BCUT2D eigenvalue weighted by Gasteiger charge is -2.29. The average molecular weight is 616 g/mol. The fraction of sp³-hybridized carbons (Fsp3) is 0.229. The first-order valence-corrected chi connectivity index (χ1v) is 14.5. The van der Waals surface area contributed by atoms with Crippen LogP contribution in [0.1, 0.15) is 22.3 Å². The van der Waals surface area contributed by atoms with Crippen LogP contribution in [0.2, 0.25) is 5.02 Å². The summed E-state index contributed by atoms with van der Waals surface area (Å²) in [4.78, 5) is 11.7. The second kappa shape index (κ2) is 14.1. The standard InChI is InChI=1S/C35H34ClNO7/c1-23-27(8-5-9-29(23)25-6-3-2-4-7-25)19-43-33-16-31(28(15-30(33)36)17-37-35(20-38,21-39)22-40)42-18-24-10-11-26-12-13-34(41)44-32(26)14-24/h2-16,37-40H,17-22H2,1H3. The van der Waals surface area contributed by atoms with Gasteiger partial charge in [-0.25, -0.2) is 4.79 Å². The Morgan fingerprint density at radius 3 is 2.27 bits per heavy atom. The summed E-state index contributed by atoms with van der Waals surface area (Å²) in [6, 6.07) is 28.2. The van der Waals surface area contributed by atoms with E-state index < -0.39 is 31.0 Å². The van der Waals surface area contributed by atoms with Crippen LogP contribution >= 0.6 is 11.6 Å². The second-order valence-electron chi connectivity index (χ2n) is 10.7. The zero-order valence-electron chi connectivity index (χ0n) is 24.3. The molecule has 4 aromatic carbocycles. The van der Waals surface area contributed by atoms with Crippen LogP contribution in [0, 0.1) is 6.92 Å². The fourth-order valence-corrected chi connectivity index (χ4v) is 5.08. The van der Waals surface area contributed by atoms with Gasteiger partial charge < -0.3 is 34.5 Å². The minimum Gasteiger partial charge on any atom is -0.488 e. The number of benzene rings is 4. The fourth-order valence-electron chi connectivity index (χ4n) is 4.84.